The Hall–Kier alpha value is -6.12. The van der Waals surface area contributed by atoms with E-state index in [0.717, 1.165) is 9.91 Å². The number of hydrazine groups is 1. The highest BCUT2D eigenvalue weighted by Crippen LogP contribution is 2.66. The number of hydrogen-bond acceptors (Lipinski definition) is 11. The molecular formula is C41H34Cl2N4O10. The number of allylic oxidation sites excluding steroid dienone is 2. The van der Waals surface area contributed by atoms with E-state index in [1.54, 1.807) is 30.3 Å². The van der Waals surface area contributed by atoms with Gasteiger partial charge in [-0.05, 0) is 60.7 Å². The topological polar surface area (TPSA) is 178 Å². The summed E-state index contributed by atoms with van der Waals surface area (Å²) in [7, 11) is 4.30. The lowest BCUT2D eigenvalue weighted by Crippen LogP contribution is -2.53. The van der Waals surface area contributed by atoms with E-state index < -0.39 is 63.6 Å². The molecule has 3 fully saturated rings. The van der Waals surface area contributed by atoms with Gasteiger partial charge in [-0.2, -0.15) is 5.01 Å². The van der Waals surface area contributed by atoms with Crippen LogP contribution in [0.5, 0.6) is 23.0 Å². The van der Waals surface area contributed by atoms with E-state index in [0.29, 0.717) is 27.5 Å². The zero-order chi connectivity index (χ0) is 40.5. The second-order valence-electron chi connectivity index (χ2n) is 14.3. The third-order valence-electron chi connectivity index (χ3n) is 11.7. The van der Waals surface area contributed by atoms with Crippen molar-refractivity contribution in [1.82, 2.24) is 5.01 Å². The number of benzene rings is 4. The zero-order valence-corrected chi connectivity index (χ0v) is 32.1. The van der Waals surface area contributed by atoms with Crippen LogP contribution in [-0.4, -0.2) is 60.0 Å². The maximum absolute atomic E-state index is 15.6. The Kier molecular flexibility index (Phi) is 9.36. The van der Waals surface area contributed by atoms with E-state index in [-0.39, 0.29) is 52.2 Å². The first kappa shape index (κ1) is 37.8. The number of halogens is 2. The lowest BCUT2D eigenvalue weighted by molar-refractivity contribution is -0.384. The number of methoxy groups -OCH3 is 3. The summed E-state index contributed by atoms with van der Waals surface area (Å²) in [6.07, 6.45) is 1.88. The molecule has 4 aromatic carbocycles. The van der Waals surface area contributed by atoms with E-state index in [1.165, 1.54) is 69.9 Å². The van der Waals surface area contributed by atoms with Crippen LogP contribution in [0.25, 0.3) is 0 Å². The number of hydrogen-bond donors (Lipinski definition) is 2. The molecule has 14 nitrogen and oxygen atoms in total. The summed E-state index contributed by atoms with van der Waals surface area (Å²) in [5.41, 5.74) is 2.54. The molecule has 8 rings (SSSR count). The second-order valence-corrected chi connectivity index (χ2v) is 15.1. The lowest BCUT2D eigenvalue weighted by atomic mass is 9.49. The van der Waals surface area contributed by atoms with Gasteiger partial charge < -0.3 is 19.3 Å². The highest BCUT2D eigenvalue weighted by molar-refractivity contribution is 6.36. The number of aromatic hydroxyl groups is 1. The number of anilines is 2. The average molecular weight is 814 g/mol. The third kappa shape index (κ3) is 5.68. The van der Waals surface area contributed by atoms with Gasteiger partial charge in [0.05, 0.1) is 65.8 Å². The quantitative estimate of drug-likeness (QED) is 0.0784. The van der Waals surface area contributed by atoms with Crippen LogP contribution in [0.2, 0.25) is 10.0 Å². The summed E-state index contributed by atoms with van der Waals surface area (Å²) in [6.45, 7) is 0. The predicted octanol–water partition coefficient (Wildman–Crippen LogP) is 6.82. The summed E-state index contributed by atoms with van der Waals surface area (Å²) >= 11 is 12.7. The number of carbonyl (C=O) groups excluding carboxylic acids is 4. The van der Waals surface area contributed by atoms with Crippen molar-refractivity contribution < 1.29 is 43.4 Å². The van der Waals surface area contributed by atoms with Crippen LogP contribution in [0.1, 0.15) is 29.9 Å². The Morgan fingerprint density at radius 2 is 1.56 bits per heavy atom. The Morgan fingerprint density at radius 1 is 0.860 bits per heavy atom. The van der Waals surface area contributed by atoms with Crippen molar-refractivity contribution in [1.29, 1.82) is 0 Å². The molecule has 4 aromatic rings. The average Bonchev–Trinajstić information content (AvgIpc) is 3.59. The van der Waals surface area contributed by atoms with Gasteiger partial charge in [0.25, 0.3) is 17.5 Å². The molecule has 0 bridgehead atoms. The molecule has 2 aliphatic heterocycles. The van der Waals surface area contributed by atoms with Crippen molar-refractivity contribution in [3.8, 4) is 23.0 Å². The smallest absolute Gasteiger partial charge is 0.271 e. The molecule has 16 heteroatoms. The van der Waals surface area contributed by atoms with Gasteiger partial charge in [0.1, 0.15) is 23.0 Å². The lowest BCUT2D eigenvalue weighted by Gasteiger charge is -2.51. The third-order valence-corrected chi connectivity index (χ3v) is 12.2. The number of amides is 4. The van der Waals surface area contributed by atoms with Crippen molar-refractivity contribution >= 4 is 63.9 Å². The maximum Gasteiger partial charge on any atom is 0.271 e. The van der Waals surface area contributed by atoms with Gasteiger partial charge in [-0.25, -0.2) is 4.90 Å². The molecule has 0 spiro atoms. The number of fused-ring (bicyclic) bond motifs is 4. The molecule has 1 saturated carbocycles. The molecule has 4 aliphatic rings. The molecule has 2 N–H and O–H groups in total. The number of phenols is 1. The SMILES string of the molecule is COc1ccc(C23C(=O)N(Nc4ccc(Cl)cc4Cl)C(=O)C2CC2C(=CCC4C(=O)N(c5cccc([N+](=O)[O-])c5)C(=O)C42)C3c2c(OC)cc(O)cc2OC)cc1. The second kappa shape index (κ2) is 14.1. The minimum Gasteiger partial charge on any atom is -0.508 e. The van der Waals surface area contributed by atoms with E-state index in [2.05, 4.69) is 5.43 Å². The van der Waals surface area contributed by atoms with Crippen molar-refractivity contribution in [2.45, 2.75) is 24.2 Å². The van der Waals surface area contributed by atoms with Crippen LogP contribution >= 0.6 is 23.2 Å². The van der Waals surface area contributed by atoms with Crippen molar-refractivity contribution in [2.24, 2.45) is 23.7 Å². The number of nitrogens with one attached hydrogen (secondary N) is 1. The molecule has 0 radical (unpaired) electrons. The molecule has 2 saturated heterocycles. The van der Waals surface area contributed by atoms with Crippen LogP contribution in [0.4, 0.5) is 17.1 Å². The van der Waals surface area contributed by atoms with E-state index in [9.17, 15) is 24.8 Å². The molecule has 6 unspecified atom stereocenters. The fourth-order valence-corrected chi connectivity index (χ4v) is 9.82. The molecule has 6 atom stereocenters. The standard InChI is InChI=1S/C41H34Cl2N4O10/c1-55-25-10-7-20(8-11-25)41-29(38(50)46(40(41)52)44-31-14-9-21(42)15-30(31)43)19-28-26(36(41)35-32(56-2)17-24(48)18-33(35)57-3)12-13-27-34(28)39(51)45(37(27)49)22-5-4-6-23(16-22)47(53)54/h4-12,14-18,27-29,34,36,44,48H,13,19H2,1-3H3. The number of phenolic OH excluding ortho intramolecular Hbond substituents is 1. The molecule has 2 aliphatic carbocycles. The molecular weight excluding hydrogens is 779 g/mol. The van der Waals surface area contributed by atoms with E-state index in [4.69, 9.17) is 37.4 Å². The number of nitrogens with zero attached hydrogens (tertiary/aromatic N) is 3. The predicted molar refractivity (Wildman–Crippen MR) is 207 cm³/mol. The Balaban J connectivity index is 1.37. The number of carbonyl (C=O) groups is 4. The summed E-state index contributed by atoms with van der Waals surface area (Å²) in [5, 5.41) is 23.9. The zero-order valence-electron chi connectivity index (χ0n) is 30.6. The van der Waals surface area contributed by atoms with Gasteiger partial charge in [0.15, 0.2) is 0 Å². The van der Waals surface area contributed by atoms with Crippen LogP contribution in [0.15, 0.2) is 90.5 Å². The number of nitro benzene ring substituents is 1. The fourth-order valence-electron chi connectivity index (χ4n) is 9.37. The summed E-state index contributed by atoms with van der Waals surface area (Å²) in [4.78, 5) is 71.5. The van der Waals surface area contributed by atoms with Gasteiger partial charge in [-0.15, -0.1) is 0 Å². The molecule has 4 amide bonds. The van der Waals surface area contributed by atoms with Crippen LogP contribution in [0.3, 0.4) is 0 Å². The minimum atomic E-state index is -1.74. The monoisotopic (exact) mass is 812 g/mol. The van der Waals surface area contributed by atoms with Gasteiger partial charge >= 0.3 is 0 Å². The van der Waals surface area contributed by atoms with Crippen molar-refractivity contribution in [3.63, 3.8) is 0 Å². The molecule has 0 aromatic heterocycles. The maximum atomic E-state index is 15.6. The summed E-state index contributed by atoms with van der Waals surface area (Å²) in [6, 6.07) is 19.4. The first-order valence-electron chi connectivity index (χ1n) is 17.9. The summed E-state index contributed by atoms with van der Waals surface area (Å²) < 4.78 is 17.2. The summed E-state index contributed by atoms with van der Waals surface area (Å²) in [5.74, 6) is -6.70. The van der Waals surface area contributed by atoms with E-state index in [1.807, 2.05) is 6.08 Å². The molecule has 2 heterocycles. The van der Waals surface area contributed by atoms with Gasteiger partial charge in [-0.1, -0.05) is 53.1 Å². The van der Waals surface area contributed by atoms with Gasteiger partial charge in [0.2, 0.25) is 11.8 Å². The van der Waals surface area contributed by atoms with Crippen molar-refractivity contribution in [3.05, 3.63) is 122 Å². The number of imide groups is 2. The normalized spacial score (nSPS) is 25.1. The largest absolute Gasteiger partial charge is 0.508 e. The first-order valence-corrected chi connectivity index (χ1v) is 18.6. The minimum absolute atomic E-state index is 0.0445. The Labute approximate surface area is 335 Å². The number of ether oxygens (including phenoxy) is 3. The van der Waals surface area contributed by atoms with Gasteiger partial charge in [0, 0.05) is 40.8 Å². The highest BCUT2D eigenvalue weighted by Gasteiger charge is 2.71. The fraction of sp³-hybridized carbons (Fsp3) is 0.268. The Morgan fingerprint density at radius 3 is 2.19 bits per heavy atom. The number of non-ortho nitro benzene ring substituents is 1. The van der Waals surface area contributed by atoms with Crippen molar-refractivity contribution in [2.75, 3.05) is 31.7 Å². The molecule has 292 valence electrons. The molecule has 57 heavy (non-hydrogen) atoms. The number of nitro groups is 1. The van der Waals surface area contributed by atoms with Gasteiger partial charge in [-0.3, -0.25) is 34.7 Å². The number of rotatable bonds is 9. The van der Waals surface area contributed by atoms with Crippen LogP contribution in [0, 0.1) is 33.8 Å². The van der Waals surface area contributed by atoms with Crippen LogP contribution in [-0.2, 0) is 24.6 Å². The van der Waals surface area contributed by atoms with Crippen LogP contribution < -0.4 is 24.5 Å². The first-order chi connectivity index (χ1) is 27.3. The highest BCUT2D eigenvalue weighted by atomic mass is 35.5. The van der Waals surface area contributed by atoms with E-state index >= 15 is 9.59 Å². The Bertz CT molecular complexity index is 2400.